The van der Waals surface area contributed by atoms with Crippen molar-refractivity contribution in [2.75, 3.05) is 23.1 Å². The molecule has 1 aromatic heterocycles. The molecule has 0 aliphatic carbocycles. The number of benzene rings is 3. The molecule has 11 heteroatoms. The molecule has 1 atom stereocenters. The molecule has 0 saturated carbocycles. The van der Waals surface area contributed by atoms with Crippen molar-refractivity contribution < 1.29 is 23.9 Å². The van der Waals surface area contributed by atoms with Crippen LogP contribution in [0.3, 0.4) is 0 Å². The monoisotopic (exact) mass is 607 g/mol. The number of thioether (sulfide) groups is 1. The van der Waals surface area contributed by atoms with Crippen LogP contribution < -0.4 is 16.0 Å². The average molecular weight is 608 g/mol. The van der Waals surface area contributed by atoms with Crippen molar-refractivity contribution in [2.45, 2.75) is 24.0 Å². The minimum absolute atomic E-state index is 0.131. The van der Waals surface area contributed by atoms with E-state index in [4.69, 9.17) is 16.3 Å². The summed E-state index contributed by atoms with van der Waals surface area (Å²) in [6, 6.07) is 22.7. The fourth-order valence-electron chi connectivity index (χ4n) is 3.83. The number of esters is 1. The number of carbonyl (C=O) groups excluding carboxylic acids is 4. The highest BCUT2D eigenvalue weighted by atomic mass is 35.5. The summed E-state index contributed by atoms with van der Waals surface area (Å²) in [6.45, 7) is 3.36. The number of halogens is 1. The highest BCUT2D eigenvalue weighted by molar-refractivity contribution is 8.00. The summed E-state index contributed by atoms with van der Waals surface area (Å²) in [4.78, 5) is 52.4. The van der Waals surface area contributed by atoms with Gasteiger partial charge in [-0.25, -0.2) is 4.79 Å². The molecule has 3 N–H and O–H groups in total. The Morgan fingerprint density at radius 1 is 0.854 bits per heavy atom. The maximum absolute atomic E-state index is 13.2. The summed E-state index contributed by atoms with van der Waals surface area (Å²) in [7, 11) is 1.24. The Kier molecular flexibility index (Phi) is 9.82. The van der Waals surface area contributed by atoms with Gasteiger partial charge < -0.3 is 20.7 Å². The Morgan fingerprint density at radius 3 is 2.24 bits per heavy atom. The van der Waals surface area contributed by atoms with Crippen LogP contribution in [-0.2, 0) is 9.53 Å². The molecule has 8 nitrogen and oxygen atoms in total. The molecular formula is C30H26ClN3O5S2. The van der Waals surface area contributed by atoms with Crippen LogP contribution in [0.15, 0.2) is 83.8 Å². The van der Waals surface area contributed by atoms with Crippen molar-refractivity contribution in [3.05, 3.63) is 105 Å². The van der Waals surface area contributed by atoms with Gasteiger partial charge in [-0.15, -0.1) is 23.1 Å². The number of thiophene rings is 1. The Morgan fingerprint density at radius 2 is 1.54 bits per heavy atom. The molecule has 0 radical (unpaired) electrons. The third kappa shape index (κ3) is 7.55. The summed E-state index contributed by atoms with van der Waals surface area (Å²) in [5.41, 5.74) is 2.13. The number of para-hydroxylation sites is 1. The molecule has 0 aliphatic rings. The summed E-state index contributed by atoms with van der Waals surface area (Å²) < 4.78 is 4.93. The van der Waals surface area contributed by atoms with E-state index in [0.717, 1.165) is 16.2 Å². The second-order valence-corrected chi connectivity index (χ2v) is 11.7. The molecule has 0 bridgehead atoms. The molecule has 1 heterocycles. The summed E-state index contributed by atoms with van der Waals surface area (Å²) in [6.07, 6.45) is 0. The number of nitrogens with one attached hydrogen (secondary N) is 3. The van der Waals surface area contributed by atoms with E-state index >= 15 is 0 Å². The van der Waals surface area contributed by atoms with E-state index in [2.05, 4.69) is 16.0 Å². The second-order valence-electron chi connectivity index (χ2n) is 8.81. The van der Waals surface area contributed by atoms with Crippen molar-refractivity contribution in [1.29, 1.82) is 0 Å². The molecule has 1 unspecified atom stereocenters. The second kappa shape index (κ2) is 13.5. The minimum atomic E-state index is -0.656. The van der Waals surface area contributed by atoms with E-state index in [1.54, 1.807) is 80.6 Å². The molecule has 0 saturated heterocycles. The third-order valence-corrected chi connectivity index (χ3v) is 8.41. The molecule has 3 amide bonds. The molecule has 0 aliphatic heterocycles. The topological polar surface area (TPSA) is 114 Å². The van der Waals surface area contributed by atoms with E-state index in [-0.39, 0.29) is 27.3 Å². The first kappa shape index (κ1) is 29.9. The first-order valence-electron chi connectivity index (χ1n) is 12.4. The lowest BCUT2D eigenvalue weighted by atomic mass is 10.1. The summed E-state index contributed by atoms with van der Waals surface area (Å²) >= 11 is 8.27. The van der Waals surface area contributed by atoms with E-state index < -0.39 is 17.1 Å². The van der Waals surface area contributed by atoms with Crippen LogP contribution in [0.5, 0.6) is 0 Å². The molecule has 0 fully saturated rings. The quantitative estimate of drug-likeness (QED) is 0.138. The number of carbonyl (C=O) groups is 4. The van der Waals surface area contributed by atoms with Crippen molar-refractivity contribution in [3.8, 4) is 0 Å². The van der Waals surface area contributed by atoms with Crippen molar-refractivity contribution in [1.82, 2.24) is 0 Å². The summed E-state index contributed by atoms with van der Waals surface area (Å²) in [5.74, 6) is -1.74. The number of methoxy groups -OCH3 is 1. The Balaban J connectivity index is 1.47. The zero-order valence-electron chi connectivity index (χ0n) is 22.3. The van der Waals surface area contributed by atoms with Gasteiger partial charge in [0.15, 0.2) is 0 Å². The van der Waals surface area contributed by atoms with E-state index in [9.17, 15) is 19.2 Å². The number of hydrogen-bond acceptors (Lipinski definition) is 7. The van der Waals surface area contributed by atoms with Crippen LogP contribution in [0, 0.1) is 6.92 Å². The van der Waals surface area contributed by atoms with Crippen LogP contribution in [0.2, 0.25) is 5.02 Å². The summed E-state index contributed by atoms with van der Waals surface area (Å²) in [5, 5.41) is 8.54. The Labute approximate surface area is 250 Å². The highest BCUT2D eigenvalue weighted by Gasteiger charge is 2.27. The lowest BCUT2D eigenvalue weighted by Gasteiger charge is -2.13. The molecular weight excluding hydrogens is 582 g/mol. The predicted octanol–water partition coefficient (Wildman–Crippen LogP) is 7.12. The van der Waals surface area contributed by atoms with Crippen LogP contribution in [0.1, 0.15) is 42.9 Å². The first-order valence-corrected chi connectivity index (χ1v) is 14.5. The molecule has 3 aromatic carbocycles. The van der Waals surface area contributed by atoms with Gasteiger partial charge in [-0.05, 0) is 67.9 Å². The number of hydrogen-bond donors (Lipinski definition) is 3. The fourth-order valence-corrected chi connectivity index (χ4v) is 6.04. The molecule has 4 rings (SSSR count). The zero-order valence-corrected chi connectivity index (χ0v) is 24.7. The predicted molar refractivity (Wildman–Crippen MR) is 165 cm³/mol. The van der Waals surface area contributed by atoms with Crippen molar-refractivity contribution in [2.24, 2.45) is 0 Å². The van der Waals surface area contributed by atoms with Gasteiger partial charge in [-0.1, -0.05) is 41.9 Å². The highest BCUT2D eigenvalue weighted by Crippen LogP contribution is 2.35. The number of ether oxygens (including phenoxy) is 1. The van der Waals surface area contributed by atoms with Gasteiger partial charge >= 0.3 is 5.97 Å². The number of anilines is 3. The molecule has 41 heavy (non-hydrogen) atoms. The first-order chi connectivity index (χ1) is 19.7. The Hall–Kier alpha value is -4.12. The van der Waals surface area contributed by atoms with E-state index in [1.165, 1.54) is 18.9 Å². The van der Waals surface area contributed by atoms with E-state index in [1.807, 2.05) is 12.1 Å². The van der Waals surface area contributed by atoms with Gasteiger partial charge in [0.05, 0.1) is 22.8 Å². The van der Waals surface area contributed by atoms with Crippen molar-refractivity contribution >= 4 is 74.8 Å². The largest absolute Gasteiger partial charge is 0.465 e. The lowest BCUT2D eigenvalue weighted by Crippen LogP contribution is -2.23. The standard InChI is InChI=1S/C30H26ClN3O5S2/c1-17-24(30(38)39-3)29(41-25(17)28(37)32-21-11-5-4-6-12-21)34-26(35)18(2)40-23-14-8-13-22(16-23)33-27(36)19-9-7-10-20(31)15-19/h4-16,18H,1-3H3,(H,32,37)(H,33,36)(H,34,35). The van der Waals surface area contributed by atoms with Gasteiger partial charge in [0.1, 0.15) is 5.00 Å². The van der Waals surface area contributed by atoms with Crippen molar-refractivity contribution in [3.63, 3.8) is 0 Å². The third-order valence-electron chi connectivity index (χ3n) is 5.87. The van der Waals surface area contributed by atoms with Crippen LogP contribution in [0.4, 0.5) is 16.4 Å². The van der Waals surface area contributed by atoms with Gasteiger partial charge in [0.2, 0.25) is 5.91 Å². The Bertz CT molecular complexity index is 1610. The maximum atomic E-state index is 13.2. The zero-order chi connectivity index (χ0) is 29.5. The molecule has 210 valence electrons. The van der Waals surface area contributed by atoms with Gasteiger partial charge in [0, 0.05) is 26.9 Å². The van der Waals surface area contributed by atoms with E-state index in [0.29, 0.717) is 27.5 Å². The molecule has 4 aromatic rings. The van der Waals surface area contributed by atoms with Gasteiger partial charge in [0.25, 0.3) is 11.8 Å². The van der Waals surface area contributed by atoms with Crippen LogP contribution in [0.25, 0.3) is 0 Å². The molecule has 0 spiro atoms. The SMILES string of the molecule is COC(=O)c1c(NC(=O)C(C)Sc2cccc(NC(=O)c3cccc(Cl)c3)c2)sc(C(=O)Nc2ccccc2)c1C. The van der Waals surface area contributed by atoms with Gasteiger partial charge in [-0.2, -0.15) is 0 Å². The normalized spacial score (nSPS) is 11.3. The number of rotatable bonds is 9. The maximum Gasteiger partial charge on any atom is 0.341 e. The van der Waals surface area contributed by atoms with Gasteiger partial charge in [-0.3, -0.25) is 14.4 Å². The fraction of sp³-hybridized carbons (Fsp3) is 0.133. The lowest BCUT2D eigenvalue weighted by molar-refractivity contribution is -0.115. The number of amides is 3. The van der Waals surface area contributed by atoms with Crippen LogP contribution in [-0.4, -0.2) is 36.1 Å². The smallest absolute Gasteiger partial charge is 0.341 e. The average Bonchev–Trinajstić information content (AvgIpc) is 3.28. The van der Waals surface area contributed by atoms with Crippen LogP contribution >= 0.6 is 34.7 Å². The minimum Gasteiger partial charge on any atom is -0.465 e.